The predicted octanol–water partition coefficient (Wildman–Crippen LogP) is 4.64. The molecule has 0 radical (unpaired) electrons. The van der Waals surface area contributed by atoms with Gasteiger partial charge in [0.2, 0.25) is 0 Å². The highest BCUT2D eigenvalue weighted by molar-refractivity contribution is 6.31. The second-order valence-corrected chi connectivity index (χ2v) is 9.25. The molecule has 168 valence electrons. The molecular weight excluding hydrogens is 431 g/mol. The minimum atomic E-state index is -0.267. The van der Waals surface area contributed by atoms with Crippen LogP contribution in [0.3, 0.4) is 0 Å². The van der Waals surface area contributed by atoms with Gasteiger partial charge < -0.3 is 24.6 Å². The van der Waals surface area contributed by atoms with Gasteiger partial charge in [0, 0.05) is 48.2 Å². The van der Waals surface area contributed by atoms with E-state index >= 15 is 0 Å². The minimum Gasteiger partial charge on any atom is -0.633 e. The first kappa shape index (κ1) is 21.2. The van der Waals surface area contributed by atoms with E-state index in [0.717, 1.165) is 29.4 Å². The van der Waals surface area contributed by atoms with Gasteiger partial charge in [-0.25, -0.2) is 9.18 Å². The first-order chi connectivity index (χ1) is 15.4. The van der Waals surface area contributed by atoms with Gasteiger partial charge in [-0.2, -0.15) is 0 Å². The fraction of sp³-hybridized carbons (Fsp3) is 0.375. The number of hydroxylamine groups is 3. The highest BCUT2D eigenvalue weighted by Gasteiger charge is 2.31. The maximum Gasteiger partial charge on any atom is 0.317 e. The lowest BCUT2D eigenvalue weighted by Crippen LogP contribution is -2.51. The van der Waals surface area contributed by atoms with E-state index in [1.165, 1.54) is 17.7 Å². The third kappa shape index (κ3) is 4.08. The van der Waals surface area contributed by atoms with E-state index in [4.69, 9.17) is 11.6 Å². The van der Waals surface area contributed by atoms with Gasteiger partial charge in [-0.15, -0.1) is 0 Å². The summed E-state index contributed by atoms with van der Waals surface area (Å²) in [6, 6.07) is 12.2. The summed E-state index contributed by atoms with van der Waals surface area (Å²) in [7, 11) is 0. The Hall–Kier alpha value is -2.61. The van der Waals surface area contributed by atoms with E-state index in [9.17, 15) is 14.4 Å². The Kier molecular flexibility index (Phi) is 5.57. The molecule has 0 unspecified atom stereocenters. The average molecular weight is 457 g/mol. The molecule has 2 aromatic carbocycles. The van der Waals surface area contributed by atoms with Crippen LogP contribution in [0, 0.1) is 11.0 Å². The fourth-order valence-corrected chi connectivity index (χ4v) is 5.14. The summed E-state index contributed by atoms with van der Waals surface area (Å²) in [4.78, 5) is 13.5. The van der Waals surface area contributed by atoms with Crippen molar-refractivity contribution in [1.82, 2.24) is 14.8 Å². The number of nitrogens with one attached hydrogen (secondary N) is 1. The van der Waals surface area contributed by atoms with Crippen molar-refractivity contribution >= 4 is 28.5 Å². The Balaban J connectivity index is 1.36. The van der Waals surface area contributed by atoms with Gasteiger partial charge in [-0.1, -0.05) is 11.6 Å². The molecule has 0 aliphatic carbocycles. The third-order valence-electron chi connectivity index (χ3n) is 6.83. The molecule has 2 saturated heterocycles. The van der Waals surface area contributed by atoms with Crippen LogP contribution >= 0.6 is 11.6 Å². The number of amides is 2. The van der Waals surface area contributed by atoms with Crippen molar-refractivity contribution in [1.29, 1.82) is 0 Å². The van der Waals surface area contributed by atoms with Crippen molar-refractivity contribution in [3.8, 4) is 5.69 Å². The lowest BCUT2D eigenvalue weighted by Gasteiger charge is -2.48. The summed E-state index contributed by atoms with van der Waals surface area (Å²) in [5, 5.41) is 17.8. The smallest absolute Gasteiger partial charge is 0.317 e. The van der Waals surface area contributed by atoms with Crippen molar-refractivity contribution in [2.45, 2.75) is 18.8 Å². The fourth-order valence-electron chi connectivity index (χ4n) is 4.97. The number of benzene rings is 2. The summed E-state index contributed by atoms with van der Waals surface area (Å²) in [5.74, 6) is -0.00956. The maximum atomic E-state index is 13.4. The summed E-state index contributed by atoms with van der Waals surface area (Å²) in [6.45, 7) is 3.32. The Morgan fingerprint density at radius 3 is 2.59 bits per heavy atom. The van der Waals surface area contributed by atoms with Gasteiger partial charge in [-0.3, -0.25) is 0 Å². The molecule has 8 heteroatoms. The highest BCUT2D eigenvalue weighted by atomic mass is 35.5. The molecule has 2 fully saturated rings. The Morgan fingerprint density at radius 2 is 1.91 bits per heavy atom. The van der Waals surface area contributed by atoms with Crippen LogP contribution in [0.15, 0.2) is 48.7 Å². The molecular formula is C24H26ClFN4O2. The van der Waals surface area contributed by atoms with E-state index in [0.29, 0.717) is 44.3 Å². The number of urea groups is 1. The molecule has 1 aromatic heterocycles. The number of carbonyl (C=O) groups is 1. The normalized spacial score (nSPS) is 23.7. The molecule has 3 heterocycles. The molecule has 0 bridgehead atoms. The summed E-state index contributed by atoms with van der Waals surface area (Å²) < 4.78 is 15.3. The number of halogens is 2. The number of likely N-dealkylation sites (tertiary alicyclic amines) is 1. The molecule has 0 spiro atoms. The van der Waals surface area contributed by atoms with Crippen LogP contribution in [0.4, 0.5) is 9.18 Å². The first-order valence-electron chi connectivity index (χ1n) is 11.1. The quantitative estimate of drug-likeness (QED) is 0.449. The van der Waals surface area contributed by atoms with Gasteiger partial charge in [0.15, 0.2) is 0 Å². The van der Waals surface area contributed by atoms with E-state index in [2.05, 4.69) is 16.1 Å². The van der Waals surface area contributed by atoms with Crippen LogP contribution in [0.25, 0.3) is 16.6 Å². The van der Waals surface area contributed by atoms with Crippen molar-refractivity contribution in [2.75, 3.05) is 39.3 Å². The Bertz CT molecular complexity index is 1140. The third-order valence-corrected chi connectivity index (χ3v) is 7.07. The van der Waals surface area contributed by atoms with Crippen LogP contribution < -0.4 is 5.32 Å². The number of hydrogen-bond acceptors (Lipinski definition) is 2. The second-order valence-electron chi connectivity index (χ2n) is 8.81. The molecule has 32 heavy (non-hydrogen) atoms. The predicted molar refractivity (Wildman–Crippen MR) is 123 cm³/mol. The van der Waals surface area contributed by atoms with Gasteiger partial charge in [0.05, 0.1) is 31.7 Å². The topological polar surface area (TPSA) is 60.3 Å². The largest absolute Gasteiger partial charge is 0.633 e. The van der Waals surface area contributed by atoms with Gasteiger partial charge >= 0.3 is 6.03 Å². The number of hydrogen-bond donors (Lipinski definition) is 1. The van der Waals surface area contributed by atoms with Gasteiger partial charge in [0.1, 0.15) is 5.82 Å². The number of carbonyl (C=O) groups excluding carboxylic acids is 1. The minimum absolute atomic E-state index is 0.0723. The average Bonchev–Trinajstić information content (AvgIpc) is 3.37. The molecule has 1 N–H and O–H groups in total. The number of fused-ring (bicyclic) bond motifs is 1. The molecule has 0 atom stereocenters. The standard InChI is InChI=1S/C24H26ClFN4O2/c25-18-1-6-23-21(15-18)22(16-29(23)20-4-2-19(26)3-5-20)17-7-12-30(32,13-8-17)14-11-28-10-9-27-24(28)31/h1-6,15-17H,7-14H2,(H,27,31). The first-order valence-corrected chi connectivity index (χ1v) is 11.5. The molecule has 5 rings (SSSR count). The highest BCUT2D eigenvalue weighted by Crippen LogP contribution is 2.38. The van der Waals surface area contributed by atoms with Gasteiger partial charge in [0.25, 0.3) is 0 Å². The van der Waals surface area contributed by atoms with Crippen LogP contribution in [-0.2, 0) is 0 Å². The number of quaternary nitrogens is 1. The zero-order valence-electron chi connectivity index (χ0n) is 17.8. The number of nitrogens with zero attached hydrogens (tertiary/aromatic N) is 3. The summed E-state index contributed by atoms with van der Waals surface area (Å²) >= 11 is 6.32. The van der Waals surface area contributed by atoms with Crippen molar-refractivity contribution in [3.63, 3.8) is 0 Å². The van der Waals surface area contributed by atoms with E-state index in [1.807, 2.05) is 18.2 Å². The molecule has 2 amide bonds. The van der Waals surface area contributed by atoms with Gasteiger partial charge in [-0.05, 0) is 53.9 Å². The SMILES string of the molecule is O=C1NCCN1CC[N+]1([O-])CCC(c2cn(-c3ccc(F)cc3)c3ccc(Cl)cc23)CC1. The van der Waals surface area contributed by atoms with Crippen molar-refractivity contribution < 1.29 is 13.8 Å². The maximum absolute atomic E-state index is 13.4. The van der Waals surface area contributed by atoms with E-state index in [-0.39, 0.29) is 22.4 Å². The van der Waals surface area contributed by atoms with Crippen molar-refractivity contribution in [3.05, 3.63) is 70.3 Å². The molecule has 2 aliphatic rings. The van der Waals surface area contributed by atoms with Crippen LogP contribution in [-0.4, -0.2) is 59.4 Å². The Morgan fingerprint density at radius 1 is 1.16 bits per heavy atom. The van der Waals surface area contributed by atoms with Crippen LogP contribution in [0.1, 0.15) is 24.3 Å². The number of aromatic nitrogens is 1. The second kappa shape index (κ2) is 8.39. The molecule has 2 aliphatic heterocycles. The Labute approximate surface area is 191 Å². The van der Waals surface area contributed by atoms with Crippen molar-refractivity contribution in [2.24, 2.45) is 0 Å². The molecule has 3 aromatic rings. The lowest BCUT2D eigenvalue weighted by molar-refractivity contribution is -0.885. The zero-order valence-corrected chi connectivity index (χ0v) is 18.5. The zero-order chi connectivity index (χ0) is 22.3. The van der Waals surface area contributed by atoms with Crippen LogP contribution in [0.2, 0.25) is 5.02 Å². The number of piperidine rings is 1. The van der Waals surface area contributed by atoms with E-state index in [1.54, 1.807) is 17.0 Å². The molecule has 6 nitrogen and oxygen atoms in total. The molecule has 0 saturated carbocycles. The monoisotopic (exact) mass is 456 g/mol. The van der Waals surface area contributed by atoms with E-state index < -0.39 is 0 Å². The lowest BCUT2D eigenvalue weighted by atomic mass is 9.89. The summed E-state index contributed by atoms with van der Waals surface area (Å²) in [5.41, 5.74) is 3.08. The van der Waals surface area contributed by atoms with Crippen LogP contribution in [0.5, 0.6) is 0 Å². The number of rotatable bonds is 5. The summed E-state index contributed by atoms with van der Waals surface area (Å²) in [6.07, 6.45) is 3.67.